The summed E-state index contributed by atoms with van der Waals surface area (Å²) in [6.07, 6.45) is 0. The molecule has 0 spiro atoms. The first kappa shape index (κ1) is 41.6. The number of nitrogens with two attached hydrogens (primary N) is 3. The van der Waals surface area contributed by atoms with E-state index in [2.05, 4.69) is 5.32 Å². The normalized spacial score (nSPS) is 11.0. The fourth-order valence-corrected chi connectivity index (χ4v) is 3.95. The highest BCUT2D eigenvalue weighted by molar-refractivity contribution is 5.95. The number of hydrogen-bond donors (Lipinski definition) is 5. The molecule has 0 aliphatic carbocycles. The molecule has 2 aromatic carbocycles. The predicted molar refractivity (Wildman–Crippen MR) is 180 cm³/mol. The Balaban J connectivity index is 2.16. The summed E-state index contributed by atoms with van der Waals surface area (Å²) in [5.74, 6) is -0.637. The van der Waals surface area contributed by atoms with Crippen LogP contribution in [-0.4, -0.2) is 136 Å². The van der Waals surface area contributed by atoms with E-state index in [9.17, 15) is 9.59 Å². The summed E-state index contributed by atoms with van der Waals surface area (Å²) in [4.78, 5) is 24.5. The van der Waals surface area contributed by atoms with E-state index in [0.717, 1.165) is 5.56 Å². The second kappa shape index (κ2) is 27.3. The highest BCUT2D eigenvalue weighted by Crippen LogP contribution is 2.39. The Bertz CT molecular complexity index is 1130. The van der Waals surface area contributed by atoms with Gasteiger partial charge in [-0.05, 0) is 29.8 Å². The highest BCUT2D eigenvalue weighted by Gasteiger charge is 2.19. The van der Waals surface area contributed by atoms with Crippen LogP contribution in [0, 0.1) is 0 Å². The van der Waals surface area contributed by atoms with Crippen LogP contribution >= 0.6 is 0 Å². The Kier molecular flexibility index (Phi) is 23.1. The molecule has 0 saturated heterocycles. The smallest absolute Gasteiger partial charge is 0.335 e. The monoisotopic (exact) mass is 696 g/mol. The Hall–Kier alpha value is -3.58. The summed E-state index contributed by atoms with van der Waals surface area (Å²) in [7, 11) is 0. The van der Waals surface area contributed by atoms with Crippen LogP contribution < -0.4 is 36.7 Å². The summed E-state index contributed by atoms with van der Waals surface area (Å²) in [5, 5.41) is 12.0. The number of rotatable bonds is 31. The van der Waals surface area contributed by atoms with Gasteiger partial charge in [0.2, 0.25) is 5.75 Å². The lowest BCUT2D eigenvalue weighted by molar-refractivity contribution is 0.0331. The van der Waals surface area contributed by atoms with Gasteiger partial charge >= 0.3 is 5.97 Å². The van der Waals surface area contributed by atoms with E-state index >= 15 is 0 Å². The lowest BCUT2D eigenvalue weighted by atomic mass is 10.1. The molecule has 0 heterocycles. The minimum absolute atomic E-state index is 0.147. The van der Waals surface area contributed by atoms with E-state index in [0.29, 0.717) is 79.1 Å². The second-order valence-electron chi connectivity index (χ2n) is 10.1. The summed E-state index contributed by atoms with van der Waals surface area (Å²) in [5.41, 5.74) is 17.4. The lowest BCUT2D eigenvalue weighted by Gasteiger charge is -2.19. The van der Waals surface area contributed by atoms with Crippen molar-refractivity contribution in [2.75, 3.05) is 119 Å². The minimum Gasteiger partial charge on any atom is -0.487 e. The third-order valence-corrected chi connectivity index (χ3v) is 6.28. The molecule has 8 N–H and O–H groups in total. The number of carbonyl (C=O) groups is 2. The van der Waals surface area contributed by atoms with Crippen LogP contribution in [0.5, 0.6) is 17.2 Å². The van der Waals surface area contributed by atoms with Gasteiger partial charge in [-0.2, -0.15) is 0 Å². The number of carboxylic acid groups (broad SMARTS) is 1. The number of carboxylic acids is 1. The van der Waals surface area contributed by atoms with E-state index in [-0.39, 0.29) is 74.6 Å². The van der Waals surface area contributed by atoms with Crippen molar-refractivity contribution in [2.45, 2.75) is 6.54 Å². The van der Waals surface area contributed by atoms with E-state index in [4.69, 9.17) is 64.9 Å². The molecule has 0 fully saturated rings. The first-order valence-electron chi connectivity index (χ1n) is 16.2. The van der Waals surface area contributed by atoms with Gasteiger partial charge in [-0.3, -0.25) is 4.79 Å². The SMILES string of the molecule is NCCOCCOCCOc1cc(C(=O)NCc2ccc(C(=O)O)cc2)cc(OCCOCCOCCN)c1OCCOCCOCCN. The first-order valence-corrected chi connectivity index (χ1v) is 16.2. The summed E-state index contributed by atoms with van der Waals surface area (Å²) in [6, 6.07) is 9.34. The van der Waals surface area contributed by atoms with E-state index in [1.165, 1.54) is 12.1 Å². The van der Waals surface area contributed by atoms with Gasteiger partial charge in [-0.1, -0.05) is 12.1 Å². The third-order valence-electron chi connectivity index (χ3n) is 6.28. The van der Waals surface area contributed by atoms with Gasteiger partial charge in [0, 0.05) is 31.7 Å². The standard InChI is InChI=1S/C33H52N4O12/c34-5-8-41-11-14-44-17-20-47-29-23-28(32(38)37-25-26-1-3-27(4-2-26)33(39)40)24-30(48-21-18-45-15-12-42-9-6-35)31(29)49-22-19-46-16-13-43-10-7-36/h1-4,23-24H,5-22,25,34-36H2,(H,37,38)(H,39,40). The highest BCUT2D eigenvalue weighted by atomic mass is 16.6. The maximum Gasteiger partial charge on any atom is 0.335 e. The van der Waals surface area contributed by atoms with Crippen LogP contribution in [0.25, 0.3) is 0 Å². The summed E-state index contributed by atoms with van der Waals surface area (Å²) in [6.45, 7) is 6.30. The van der Waals surface area contributed by atoms with Crippen molar-refractivity contribution in [2.24, 2.45) is 17.2 Å². The van der Waals surface area contributed by atoms with Crippen molar-refractivity contribution in [1.29, 1.82) is 0 Å². The molecule has 0 radical (unpaired) electrons. The van der Waals surface area contributed by atoms with Crippen LogP contribution in [0.2, 0.25) is 0 Å². The average molecular weight is 697 g/mol. The molecule has 276 valence electrons. The van der Waals surface area contributed by atoms with Crippen molar-refractivity contribution in [3.05, 3.63) is 53.1 Å². The van der Waals surface area contributed by atoms with Crippen molar-refractivity contribution >= 4 is 11.9 Å². The lowest BCUT2D eigenvalue weighted by Crippen LogP contribution is -2.23. The van der Waals surface area contributed by atoms with Gasteiger partial charge in [0.05, 0.1) is 84.8 Å². The van der Waals surface area contributed by atoms with Gasteiger partial charge in [0.25, 0.3) is 5.91 Å². The average Bonchev–Trinajstić information content (AvgIpc) is 3.11. The fourth-order valence-electron chi connectivity index (χ4n) is 3.95. The fraction of sp³-hybridized carbons (Fsp3) is 0.576. The Morgan fingerprint density at radius 1 is 0.531 bits per heavy atom. The van der Waals surface area contributed by atoms with E-state index in [1.807, 2.05) is 0 Å². The summed E-state index contributed by atoms with van der Waals surface area (Å²) < 4.78 is 50.9. The zero-order valence-corrected chi connectivity index (χ0v) is 28.1. The zero-order valence-electron chi connectivity index (χ0n) is 28.1. The first-order chi connectivity index (χ1) is 24.0. The van der Waals surface area contributed by atoms with Gasteiger partial charge in [0.1, 0.15) is 19.8 Å². The third kappa shape index (κ3) is 18.7. The molecule has 16 nitrogen and oxygen atoms in total. The number of ether oxygens (including phenoxy) is 9. The molecular weight excluding hydrogens is 644 g/mol. The van der Waals surface area contributed by atoms with Gasteiger partial charge < -0.3 is 70.3 Å². The molecule has 0 saturated carbocycles. The molecule has 1 amide bonds. The van der Waals surface area contributed by atoms with E-state index < -0.39 is 11.9 Å². The van der Waals surface area contributed by atoms with Crippen LogP contribution in [-0.2, 0) is 35.0 Å². The Labute approximate surface area is 287 Å². The molecule has 16 heteroatoms. The second-order valence-corrected chi connectivity index (χ2v) is 10.1. The van der Waals surface area contributed by atoms with Crippen molar-refractivity contribution < 1.29 is 57.3 Å². The van der Waals surface area contributed by atoms with Crippen molar-refractivity contribution in [3.8, 4) is 17.2 Å². The van der Waals surface area contributed by atoms with Gasteiger partial charge in [0.15, 0.2) is 11.5 Å². The minimum atomic E-state index is -1.03. The molecule has 0 aromatic heterocycles. The molecule has 0 aliphatic rings. The number of aromatic carboxylic acids is 1. The number of amides is 1. The molecular formula is C33H52N4O12. The molecule has 0 aliphatic heterocycles. The maximum atomic E-state index is 13.3. The molecule has 49 heavy (non-hydrogen) atoms. The Morgan fingerprint density at radius 3 is 1.33 bits per heavy atom. The van der Waals surface area contributed by atoms with Crippen LogP contribution in [0.3, 0.4) is 0 Å². The van der Waals surface area contributed by atoms with Crippen LogP contribution in [0.15, 0.2) is 36.4 Å². The largest absolute Gasteiger partial charge is 0.487 e. The Morgan fingerprint density at radius 2 is 0.918 bits per heavy atom. The van der Waals surface area contributed by atoms with Gasteiger partial charge in [-0.25, -0.2) is 4.79 Å². The topological polar surface area (TPSA) is 228 Å². The molecule has 0 bridgehead atoms. The zero-order chi connectivity index (χ0) is 35.4. The molecule has 0 atom stereocenters. The molecule has 2 rings (SSSR count). The van der Waals surface area contributed by atoms with Crippen LogP contribution in [0.1, 0.15) is 26.3 Å². The van der Waals surface area contributed by atoms with Crippen LogP contribution in [0.4, 0.5) is 0 Å². The summed E-state index contributed by atoms with van der Waals surface area (Å²) >= 11 is 0. The predicted octanol–water partition coefficient (Wildman–Crippen LogP) is 0.427. The molecule has 2 aromatic rings. The van der Waals surface area contributed by atoms with Gasteiger partial charge in [-0.15, -0.1) is 0 Å². The number of carbonyl (C=O) groups excluding carboxylic acids is 1. The van der Waals surface area contributed by atoms with Crippen molar-refractivity contribution in [1.82, 2.24) is 5.32 Å². The maximum absolute atomic E-state index is 13.3. The number of hydrogen-bond acceptors (Lipinski definition) is 14. The van der Waals surface area contributed by atoms with E-state index in [1.54, 1.807) is 24.3 Å². The number of benzene rings is 2. The quantitative estimate of drug-likeness (QED) is 0.0674. The number of nitrogens with one attached hydrogen (secondary N) is 1. The van der Waals surface area contributed by atoms with Crippen molar-refractivity contribution in [3.63, 3.8) is 0 Å². The molecule has 0 unspecified atom stereocenters.